The lowest BCUT2D eigenvalue weighted by Gasteiger charge is -2.11. The van der Waals surface area contributed by atoms with Gasteiger partial charge in [-0.15, -0.1) is 0 Å². The van der Waals surface area contributed by atoms with E-state index in [9.17, 15) is 0 Å². The third-order valence-corrected chi connectivity index (χ3v) is 5.28. The van der Waals surface area contributed by atoms with E-state index in [1.165, 1.54) is 16.3 Å². The molecule has 4 nitrogen and oxygen atoms in total. The second kappa shape index (κ2) is 6.32. The van der Waals surface area contributed by atoms with E-state index in [2.05, 4.69) is 47.8 Å². The first-order chi connectivity index (χ1) is 13.2. The molecule has 0 saturated carbocycles. The van der Waals surface area contributed by atoms with Crippen molar-refractivity contribution in [1.82, 2.24) is 9.78 Å². The number of ether oxygens (including phenoxy) is 1. The summed E-state index contributed by atoms with van der Waals surface area (Å²) >= 11 is 6.25. The predicted molar refractivity (Wildman–Crippen MR) is 110 cm³/mol. The lowest BCUT2D eigenvalue weighted by Crippen LogP contribution is -2.05. The summed E-state index contributed by atoms with van der Waals surface area (Å²) in [6, 6.07) is 20.5. The van der Waals surface area contributed by atoms with E-state index in [4.69, 9.17) is 21.4 Å². The molecule has 0 amide bonds. The van der Waals surface area contributed by atoms with Crippen LogP contribution in [0.2, 0.25) is 5.02 Å². The van der Waals surface area contributed by atoms with Crippen molar-refractivity contribution < 1.29 is 4.74 Å². The Morgan fingerprint density at radius 2 is 1.89 bits per heavy atom. The summed E-state index contributed by atoms with van der Waals surface area (Å²) in [6.07, 6.45) is 0.945. The summed E-state index contributed by atoms with van der Waals surface area (Å²) in [5.74, 6) is 1.75. The van der Waals surface area contributed by atoms with Gasteiger partial charge in [0.15, 0.2) is 0 Å². The van der Waals surface area contributed by atoms with Crippen molar-refractivity contribution in [3.63, 3.8) is 0 Å². The molecule has 0 spiro atoms. The molecule has 0 atom stereocenters. The number of nitrogens with one attached hydrogen (secondary N) is 1. The molecule has 0 saturated heterocycles. The lowest BCUT2D eigenvalue weighted by atomic mass is 10.0. The van der Waals surface area contributed by atoms with Crippen LogP contribution in [0.15, 0.2) is 60.7 Å². The smallest absolute Gasteiger partial charge is 0.144 e. The Morgan fingerprint density at radius 3 is 2.74 bits per heavy atom. The van der Waals surface area contributed by atoms with Crippen LogP contribution in [-0.4, -0.2) is 23.4 Å². The predicted octanol–water partition coefficient (Wildman–Crippen LogP) is 5.32. The summed E-state index contributed by atoms with van der Waals surface area (Å²) in [5, 5.41) is 11.5. The molecule has 0 aliphatic carbocycles. The molecule has 4 aromatic rings. The van der Waals surface area contributed by atoms with Crippen LogP contribution in [0.25, 0.3) is 27.7 Å². The Labute approximate surface area is 162 Å². The van der Waals surface area contributed by atoms with Crippen LogP contribution in [0.1, 0.15) is 5.56 Å². The molecule has 1 aliphatic rings. The zero-order valence-electron chi connectivity index (χ0n) is 14.9. The Balaban J connectivity index is 1.71. The van der Waals surface area contributed by atoms with Gasteiger partial charge < -0.3 is 10.1 Å². The van der Waals surface area contributed by atoms with Crippen molar-refractivity contribution in [2.24, 2.45) is 0 Å². The average Bonchev–Trinajstić information content (AvgIpc) is 3.30. The molecule has 1 aromatic heterocycles. The van der Waals surface area contributed by atoms with Gasteiger partial charge in [0.1, 0.15) is 17.3 Å². The Kier molecular flexibility index (Phi) is 3.80. The summed E-state index contributed by atoms with van der Waals surface area (Å²) < 4.78 is 7.45. The number of methoxy groups -OCH3 is 1. The number of hydrogen-bond acceptors (Lipinski definition) is 3. The molecule has 0 unspecified atom stereocenters. The fraction of sp³-hybridized carbons (Fsp3) is 0.136. The van der Waals surface area contributed by atoms with E-state index < -0.39 is 0 Å². The number of halogens is 1. The summed E-state index contributed by atoms with van der Waals surface area (Å²) in [7, 11) is 1.66. The summed E-state index contributed by atoms with van der Waals surface area (Å²) in [6.45, 7) is 0.899. The number of hydrogen-bond donors (Lipinski definition) is 1. The van der Waals surface area contributed by atoms with Crippen molar-refractivity contribution in [3.8, 4) is 22.7 Å². The Bertz CT molecular complexity index is 1170. The summed E-state index contributed by atoms with van der Waals surface area (Å²) in [4.78, 5) is 0. The van der Waals surface area contributed by atoms with Gasteiger partial charge >= 0.3 is 0 Å². The van der Waals surface area contributed by atoms with Crippen LogP contribution in [0.4, 0.5) is 5.82 Å². The first-order valence-electron chi connectivity index (χ1n) is 8.93. The molecule has 0 radical (unpaired) electrons. The van der Waals surface area contributed by atoms with Gasteiger partial charge in [0, 0.05) is 22.7 Å². The first kappa shape index (κ1) is 16.2. The summed E-state index contributed by atoms with van der Waals surface area (Å²) in [5.41, 5.74) is 4.19. The molecule has 5 heteroatoms. The molecule has 0 fully saturated rings. The van der Waals surface area contributed by atoms with Gasteiger partial charge in [-0.2, -0.15) is 5.10 Å². The molecule has 27 heavy (non-hydrogen) atoms. The van der Waals surface area contributed by atoms with E-state index in [0.29, 0.717) is 5.02 Å². The fourth-order valence-electron chi connectivity index (χ4n) is 3.75. The lowest BCUT2D eigenvalue weighted by molar-refractivity contribution is 0.412. The zero-order chi connectivity index (χ0) is 18.4. The Hall–Kier alpha value is -2.98. The maximum atomic E-state index is 6.25. The van der Waals surface area contributed by atoms with Gasteiger partial charge in [0.25, 0.3) is 0 Å². The van der Waals surface area contributed by atoms with E-state index in [0.717, 1.165) is 41.5 Å². The Morgan fingerprint density at radius 1 is 1.04 bits per heavy atom. The SMILES string of the molecule is COc1ccc(Cl)cc1-n1nc(-c2ccc3ccccc3c2)c2c1NCC2. The maximum absolute atomic E-state index is 6.25. The van der Waals surface area contributed by atoms with Gasteiger partial charge in [0.2, 0.25) is 0 Å². The topological polar surface area (TPSA) is 39.1 Å². The van der Waals surface area contributed by atoms with Crippen LogP contribution < -0.4 is 10.1 Å². The fourth-order valence-corrected chi connectivity index (χ4v) is 3.91. The number of anilines is 1. The van der Waals surface area contributed by atoms with Crippen LogP contribution in [0.3, 0.4) is 0 Å². The van der Waals surface area contributed by atoms with Crippen LogP contribution in [-0.2, 0) is 6.42 Å². The van der Waals surface area contributed by atoms with E-state index >= 15 is 0 Å². The third kappa shape index (κ3) is 2.64. The molecule has 0 bridgehead atoms. The monoisotopic (exact) mass is 375 g/mol. The zero-order valence-corrected chi connectivity index (χ0v) is 15.6. The number of benzene rings is 3. The third-order valence-electron chi connectivity index (χ3n) is 5.04. The van der Waals surface area contributed by atoms with Crippen LogP contribution in [0.5, 0.6) is 5.75 Å². The quantitative estimate of drug-likeness (QED) is 0.526. The number of fused-ring (bicyclic) bond motifs is 2. The van der Waals surface area contributed by atoms with Gasteiger partial charge in [-0.1, -0.05) is 48.0 Å². The van der Waals surface area contributed by atoms with E-state index in [-0.39, 0.29) is 0 Å². The second-order valence-electron chi connectivity index (χ2n) is 6.64. The highest BCUT2D eigenvalue weighted by Gasteiger charge is 2.25. The molecule has 2 heterocycles. The standard InChI is InChI=1S/C22H18ClN3O/c1-27-20-9-8-17(23)13-19(20)26-22-18(10-11-24-22)21(25-26)16-7-6-14-4-2-3-5-15(14)12-16/h2-9,12-13,24H,10-11H2,1H3. The minimum atomic E-state index is 0.653. The molecule has 134 valence electrons. The number of nitrogens with zero attached hydrogens (tertiary/aromatic N) is 2. The highest BCUT2D eigenvalue weighted by atomic mass is 35.5. The normalized spacial score (nSPS) is 12.8. The molecular formula is C22H18ClN3O. The maximum Gasteiger partial charge on any atom is 0.144 e. The number of aromatic nitrogens is 2. The highest BCUT2D eigenvalue weighted by Crippen LogP contribution is 2.38. The van der Waals surface area contributed by atoms with Gasteiger partial charge in [-0.3, -0.25) is 0 Å². The van der Waals surface area contributed by atoms with E-state index in [1.54, 1.807) is 7.11 Å². The van der Waals surface area contributed by atoms with Gasteiger partial charge in [-0.25, -0.2) is 4.68 Å². The second-order valence-corrected chi connectivity index (χ2v) is 7.08. The van der Waals surface area contributed by atoms with Crippen LogP contribution in [0, 0.1) is 0 Å². The van der Waals surface area contributed by atoms with Gasteiger partial charge in [-0.05, 0) is 41.5 Å². The van der Waals surface area contributed by atoms with Crippen molar-refractivity contribution in [3.05, 3.63) is 71.2 Å². The van der Waals surface area contributed by atoms with Crippen molar-refractivity contribution in [1.29, 1.82) is 0 Å². The minimum Gasteiger partial charge on any atom is -0.494 e. The minimum absolute atomic E-state index is 0.653. The van der Waals surface area contributed by atoms with Crippen molar-refractivity contribution in [2.75, 3.05) is 19.0 Å². The molecule has 1 aliphatic heterocycles. The van der Waals surface area contributed by atoms with Crippen molar-refractivity contribution >= 4 is 28.2 Å². The largest absolute Gasteiger partial charge is 0.494 e. The van der Waals surface area contributed by atoms with Crippen molar-refractivity contribution in [2.45, 2.75) is 6.42 Å². The van der Waals surface area contributed by atoms with E-state index in [1.807, 2.05) is 22.9 Å². The average molecular weight is 376 g/mol. The van der Waals surface area contributed by atoms with Gasteiger partial charge in [0.05, 0.1) is 12.8 Å². The first-order valence-corrected chi connectivity index (χ1v) is 9.31. The van der Waals surface area contributed by atoms with Crippen LogP contribution >= 0.6 is 11.6 Å². The molecule has 3 aromatic carbocycles. The molecule has 1 N–H and O–H groups in total. The highest BCUT2D eigenvalue weighted by molar-refractivity contribution is 6.30. The number of rotatable bonds is 3. The molecule has 5 rings (SSSR count). The molecular weight excluding hydrogens is 358 g/mol.